The van der Waals surface area contributed by atoms with E-state index in [-0.39, 0.29) is 17.5 Å². The van der Waals surface area contributed by atoms with Crippen molar-refractivity contribution in [3.8, 4) is 11.5 Å². The molecule has 2 aromatic carbocycles. The number of nitrogens with two attached hydrogens (primary N) is 1. The molecule has 0 radical (unpaired) electrons. The van der Waals surface area contributed by atoms with Crippen LogP contribution in [0.3, 0.4) is 0 Å². The van der Waals surface area contributed by atoms with Crippen molar-refractivity contribution in [2.24, 2.45) is 11.0 Å². The molecule has 0 saturated heterocycles. The van der Waals surface area contributed by atoms with Crippen LogP contribution in [0, 0.1) is 11.3 Å². The third-order valence-electron chi connectivity index (χ3n) is 4.81. The van der Waals surface area contributed by atoms with Crippen molar-refractivity contribution in [2.45, 2.75) is 52.9 Å². The van der Waals surface area contributed by atoms with Crippen LogP contribution in [0.4, 0.5) is 10.1 Å². The molecule has 8 heteroatoms. The van der Waals surface area contributed by atoms with Gasteiger partial charge >= 0.3 is 0 Å². The molecule has 0 aliphatic rings. The summed E-state index contributed by atoms with van der Waals surface area (Å²) in [7, 11) is 1.51. The number of methoxy groups -OCH3 is 1. The predicted molar refractivity (Wildman–Crippen MR) is 130 cm³/mol. The molecule has 180 valence electrons. The first-order valence-electron chi connectivity index (χ1n) is 10.7. The number of amides is 1. The molecule has 0 saturated carbocycles. The number of allylic oxidation sites excluding steroid dienone is 1. The lowest BCUT2D eigenvalue weighted by Crippen LogP contribution is -2.15. The van der Waals surface area contributed by atoms with E-state index in [1.54, 1.807) is 6.92 Å². The van der Waals surface area contributed by atoms with E-state index < -0.39 is 5.82 Å². The van der Waals surface area contributed by atoms with E-state index in [0.717, 1.165) is 29.7 Å². The molecule has 0 spiro atoms. The van der Waals surface area contributed by atoms with Gasteiger partial charge in [0.25, 0.3) is 0 Å². The largest absolute Gasteiger partial charge is 0.497 e. The van der Waals surface area contributed by atoms with Crippen LogP contribution in [0.25, 0.3) is 6.08 Å². The quantitative estimate of drug-likeness (QED) is 0.201. The van der Waals surface area contributed by atoms with E-state index >= 15 is 0 Å². The Hall–Kier alpha value is -3.42. The van der Waals surface area contributed by atoms with Crippen molar-refractivity contribution in [3.05, 3.63) is 59.0 Å². The molecule has 0 aliphatic heterocycles. The Kier molecular flexibility index (Phi) is 11.0. The SMILES string of the molecule is CCCCOc1ccc(C(C)(C)C)cc1/C=C(\C)N(N=N)c1cc(OC)ccc1F.NC=O. The van der Waals surface area contributed by atoms with Gasteiger partial charge in [0, 0.05) is 17.3 Å². The highest BCUT2D eigenvalue weighted by Gasteiger charge is 2.18. The van der Waals surface area contributed by atoms with Crippen molar-refractivity contribution in [2.75, 3.05) is 18.7 Å². The topological polar surface area (TPSA) is 101 Å². The van der Waals surface area contributed by atoms with Crippen LogP contribution in [0.15, 0.2) is 47.3 Å². The first kappa shape index (κ1) is 27.6. The molecular weight excluding hydrogens is 423 g/mol. The molecule has 1 amide bonds. The van der Waals surface area contributed by atoms with Gasteiger partial charge in [-0.05, 0) is 54.7 Å². The molecule has 0 bridgehead atoms. The van der Waals surface area contributed by atoms with E-state index in [1.165, 1.54) is 30.3 Å². The van der Waals surface area contributed by atoms with Crippen LogP contribution in [0.2, 0.25) is 0 Å². The number of carbonyl (C=O) groups is 1. The van der Waals surface area contributed by atoms with Gasteiger partial charge in [0.05, 0.1) is 13.7 Å². The van der Waals surface area contributed by atoms with Gasteiger partial charge in [-0.1, -0.05) is 45.4 Å². The number of ether oxygens (including phenoxy) is 2. The number of primary amides is 1. The first-order valence-corrected chi connectivity index (χ1v) is 10.7. The lowest BCUT2D eigenvalue weighted by molar-refractivity contribution is -0.106. The maximum atomic E-state index is 14.5. The molecular formula is C25H35FN4O3. The summed E-state index contributed by atoms with van der Waals surface area (Å²) in [5.74, 6) is 0.764. The number of anilines is 1. The molecule has 0 fully saturated rings. The Bertz CT molecular complexity index is 955. The second-order valence-corrected chi connectivity index (χ2v) is 8.36. The number of halogens is 1. The average molecular weight is 459 g/mol. The van der Waals surface area contributed by atoms with Crippen LogP contribution in [-0.2, 0) is 10.2 Å². The summed E-state index contributed by atoms with van der Waals surface area (Å²) in [6, 6.07) is 10.5. The Balaban J connectivity index is 0.00000172. The standard InChI is InChI=1S/C24H32FN3O2.CH3NO/c1-7-8-13-30-23-12-9-19(24(3,4)5)15-18(23)14-17(2)28(27-26)22-16-20(29-6)10-11-21(22)25;2-1-3/h9-12,14-16,26H,7-8,13H2,1-6H3;1H,(H2,2,3)/b17-14+,27-26?;. The summed E-state index contributed by atoms with van der Waals surface area (Å²) < 4.78 is 25.6. The van der Waals surface area contributed by atoms with Crippen molar-refractivity contribution >= 4 is 18.2 Å². The number of nitrogens with zero attached hydrogens (tertiary/aromatic N) is 2. The third-order valence-corrected chi connectivity index (χ3v) is 4.81. The summed E-state index contributed by atoms with van der Waals surface area (Å²) in [6.45, 7) is 11.0. The van der Waals surface area contributed by atoms with Crippen LogP contribution >= 0.6 is 0 Å². The molecule has 0 heterocycles. The van der Waals surface area contributed by atoms with Crippen LogP contribution in [-0.4, -0.2) is 20.1 Å². The maximum absolute atomic E-state index is 14.5. The predicted octanol–water partition coefficient (Wildman–Crippen LogP) is 6.23. The number of hydrogen-bond acceptors (Lipinski definition) is 5. The minimum Gasteiger partial charge on any atom is -0.497 e. The number of nitrogens with one attached hydrogen (secondary N) is 1. The van der Waals surface area contributed by atoms with E-state index in [9.17, 15) is 4.39 Å². The van der Waals surface area contributed by atoms with Crippen molar-refractivity contribution in [3.63, 3.8) is 0 Å². The molecule has 2 rings (SSSR count). The van der Waals surface area contributed by atoms with Gasteiger partial charge < -0.3 is 15.2 Å². The molecule has 2 aromatic rings. The molecule has 33 heavy (non-hydrogen) atoms. The molecule has 0 atom stereocenters. The van der Waals surface area contributed by atoms with Gasteiger partial charge in [0.2, 0.25) is 6.41 Å². The van der Waals surface area contributed by atoms with E-state index in [4.69, 9.17) is 19.8 Å². The fourth-order valence-corrected chi connectivity index (χ4v) is 2.98. The lowest BCUT2D eigenvalue weighted by atomic mass is 9.86. The summed E-state index contributed by atoms with van der Waals surface area (Å²) in [5, 5.41) is 4.79. The summed E-state index contributed by atoms with van der Waals surface area (Å²) in [4.78, 5) is 8.58. The smallest absolute Gasteiger partial charge is 0.204 e. The van der Waals surface area contributed by atoms with Gasteiger partial charge in [-0.2, -0.15) is 5.53 Å². The number of hydrogen-bond donors (Lipinski definition) is 2. The minimum absolute atomic E-state index is 0.0309. The molecule has 3 N–H and O–H groups in total. The van der Waals surface area contributed by atoms with E-state index in [1.807, 2.05) is 12.1 Å². The summed E-state index contributed by atoms with van der Waals surface area (Å²) in [5.41, 5.74) is 14.5. The van der Waals surface area contributed by atoms with E-state index in [0.29, 0.717) is 18.1 Å². The van der Waals surface area contributed by atoms with Gasteiger partial charge in [0.1, 0.15) is 23.0 Å². The van der Waals surface area contributed by atoms with Gasteiger partial charge in [-0.3, -0.25) is 4.79 Å². The number of carbonyl (C=O) groups excluding carboxylic acids is 1. The zero-order valence-corrected chi connectivity index (χ0v) is 20.3. The minimum atomic E-state index is -0.484. The Labute approximate surface area is 195 Å². The van der Waals surface area contributed by atoms with Crippen LogP contribution in [0.5, 0.6) is 11.5 Å². The summed E-state index contributed by atoms with van der Waals surface area (Å²) >= 11 is 0. The highest BCUT2D eigenvalue weighted by molar-refractivity contribution is 5.66. The Morgan fingerprint density at radius 2 is 1.91 bits per heavy atom. The lowest BCUT2D eigenvalue weighted by Gasteiger charge is -2.22. The Morgan fingerprint density at radius 1 is 1.24 bits per heavy atom. The van der Waals surface area contributed by atoms with Crippen LogP contribution < -0.4 is 20.2 Å². The second-order valence-electron chi connectivity index (χ2n) is 8.36. The van der Waals surface area contributed by atoms with Gasteiger partial charge in [-0.15, -0.1) is 0 Å². The monoisotopic (exact) mass is 458 g/mol. The number of unbranched alkanes of at least 4 members (excludes halogenated alkanes) is 1. The normalized spacial score (nSPS) is 11.2. The maximum Gasteiger partial charge on any atom is 0.204 e. The summed E-state index contributed by atoms with van der Waals surface area (Å²) in [6.07, 6.45) is 4.13. The van der Waals surface area contributed by atoms with Crippen molar-refractivity contribution in [1.82, 2.24) is 0 Å². The zero-order chi connectivity index (χ0) is 25.0. The van der Waals surface area contributed by atoms with Gasteiger partial charge in [0.15, 0.2) is 0 Å². The number of benzene rings is 2. The zero-order valence-electron chi connectivity index (χ0n) is 20.3. The van der Waals surface area contributed by atoms with Crippen molar-refractivity contribution < 1.29 is 18.7 Å². The van der Waals surface area contributed by atoms with Crippen molar-refractivity contribution in [1.29, 1.82) is 5.53 Å². The molecule has 7 nitrogen and oxygen atoms in total. The highest BCUT2D eigenvalue weighted by atomic mass is 19.1. The van der Waals surface area contributed by atoms with E-state index in [2.05, 4.69) is 50.8 Å². The molecule has 0 aromatic heterocycles. The average Bonchev–Trinajstić information content (AvgIpc) is 2.76. The fraction of sp³-hybridized carbons (Fsp3) is 0.400. The third kappa shape index (κ3) is 8.21. The van der Waals surface area contributed by atoms with Gasteiger partial charge in [-0.25, -0.2) is 9.40 Å². The number of rotatable bonds is 9. The molecule has 0 unspecified atom stereocenters. The molecule has 0 aliphatic carbocycles. The Morgan fingerprint density at radius 3 is 2.45 bits per heavy atom. The highest BCUT2D eigenvalue weighted by Crippen LogP contribution is 2.32. The van der Waals surface area contributed by atoms with Crippen LogP contribution in [0.1, 0.15) is 58.6 Å². The fourth-order valence-electron chi connectivity index (χ4n) is 2.98. The second kappa shape index (κ2) is 13.2. The first-order chi connectivity index (χ1) is 15.6.